The van der Waals surface area contributed by atoms with E-state index in [-0.39, 0.29) is 0 Å². The second kappa shape index (κ2) is 4.13. The Hall–Kier alpha value is -1.84. The topological polar surface area (TPSA) is 72.2 Å². The van der Waals surface area contributed by atoms with Gasteiger partial charge in [0, 0.05) is 5.56 Å². The normalized spacial score (nSPS) is 9.80. The molecule has 0 aliphatic heterocycles. The van der Waals surface area contributed by atoms with E-state index in [1.54, 1.807) is 0 Å². The molecule has 1 aromatic rings. The first-order chi connectivity index (χ1) is 6.91. The largest absolute Gasteiger partial charge is 0.351 e. The van der Waals surface area contributed by atoms with Gasteiger partial charge in [-0.15, -0.1) is 0 Å². The van der Waals surface area contributed by atoms with Crippen LogP contribution in [0.3, 0.4) is 0 Å². The smallest absolute Gasteiger partial charge is 0.319 e. The molecule has 0 saturated carbocycles. The van der Waals surface area contributed by atoms with Crippen LogP contribution in [0.25, 0.3) is 0 Å². The molecular weight excluding hydrogens is 192 g/mol. The number of hydrogen-bond donors (Lipinski definition) is 2. The van der Waals surface area contributed by atoms with Crippen molar-refractivity contribution >= 4 is 11.9 Å². The molecule has 0 aromatic heterocycles. The number of aryl methyl sites for hydroxylation is 3. The van der Waals surface area contributed by atoms with Gasteiger partial charge in [-0.3, -0.25) is 10.1 Å². The van der Waals surface area contributed by atoms with Crippen molar-refractivity contribution in [3.05, 3.63) is 34.4 Å². The van der Waals surface area contributed by atoms with Crippen molar-refractivity contribution in [2.24, 2.45) is 5.73 Å². The SMILES string of the molecule is Cc1cc(C)c(C(=O)NC(N)=O)c(C)c1. The zero-order chi connectivity index (χ0) is 11.6. The van der Waals surface area contributed by atoms with Gasteiger partial charge in [-0.1, -0.05) is 17.7 Å². The summed E-state index contributed by atoms with van der Waals surface area (Å²) >= 11 is 0. The van der Waals surface area contributed by atoms with Crippen molar-refractivity contribution in [3.63, 3.8) is 0 Å². The zero-order valence-corrected chi connectivity index (χ0v) is 9.05. The van der Waals surface area contributed by atoms with Crippen molar-refractivity contribution < 1.29 is 9.59 Å². The second-order valence-corrected chi connectivity index (χ2v) is 3.59. The molecule has 0 radical (unpaired) electrons. The first-order valence-electron chi connectivity index (χ1n) is 4.60. The fourth-order valence-electron chi connectivity index (χ4n) is 1.71. The Bertz CT molecular complexity index is 402. The molecule has 3 N–H and O–H groups in total. The Balaban J connectivity index is 3.14. The number of hydrogen-bond acceptors (Lipinski definition) is 2. The average Bonchev–Trinajstić information content (AvgIpc) is 1.99. The molecule has 4 nitrogen and oxygen atoms in total. The lowest BCUT2D eigenvalue weighted by atomic mass is 9.99. The van der Waals surface area contributed by atoms with Gasteiger partial charge in [0.05, 0.1) is 0 Å². The summed E-state index contributed by atoms with van der Waals surface area (Å²) in [5.41, 5.74) is 8.17. The number of benzene rings is 1. The lowest BCUT2D eigenvalue weighted by Gasteiger charge is -2.09. The van der Waals surface area contributed by atoms with E-state index in [1.165, 1.54) is 0 Å². The number of rotatable bonds is 1. The molecule has 80 valence electrons. The van der Waals surface area contributed by atoms with Crippen LogP contribution in [0, 0.1) is 20.8 Å². The van der Waals surface area contributed by atoms with E-state index in [0.717, 1.165) is 16.7 Å². The number of urea groups is 1. The van der Waals surface area contributed by atoms with E-state index >= 15 is 0 Å². The monoisotopic (exact) mass is 206 g/mol. The Morgan fingerprint density at radius 2 is 1.60 bits per heavy atom. The molecule has 3 amide bonds. The summed E-state index contributed by atoms with van der Waals surface area (Å²) < 4.78 is 0. The first kappa shape index (κ1) is 11.2. The summed E-state index contributed by atoms with van der Waals surface area (Å²) in [4.78, 5) is 22.2. The number of primary amides is 1. The molecule has 0 unspecified atom stereocenters. The lowest BCUT2D eigenvalue weighted by Crippen LogP contribution is -2.35. The Morgan fingerprint density at radius 3 is 2.00 bits per heavy atom. The molecular formula is C11H14N2O2. The van der Waals surface area contributed by atoms with E-state index < -0.39 is 11.9 Å². The highest BCUT2D eigenvalue weighted by atomic mass is 16.2. The molecule has 0 aliphatic carbocycles. The summed E-state index contributed by atoms with van der Waals surface area (Å²) in [6.07, 6.45) is 0. The van der Waals surface area contributed by atoms with E-state index in [2.05, 4.69) is 5.32 Å². The van der Waals surface area contributed by atoms with Crippen molar-refractivity contribution in [3.8, 4) is 0 Å². The van der Waals surface area contributed by atoms with Gasteiger partial charge in [-0.25, -0.2) is 4.79 Å². The third-order valence-corrected chi connectivity index (χ3v) is 2.14. The summed E-state index contributed by atoms with van der Waals surface area (Å²) in [7, 11) is 0. The van der Waals surface area contributed by atoms with Crippen molar-refractivity contribution in [2.75, 3.05) is 0 Å². The van der Waals surface area contributed by atoms with Crippen LogP contribution in [0.2, 0.25) is 0 Å². The van der Waals surface area contributed by atoms with Crippen LogP contribution < -0.4 is 11.1 Å². The number of amides is 3. The molecule has 0 spiro atoms. The third-order valence-electron chi connectivity index (χ3n) is 2.14. The predicted octanol–water partition coefficient (Wildman–Crippen LogP) is 1.42. The summed E-state index contributed by atoms with van der Waals surface area (Å²) in [5, 5.41) is 2.06. The van der Waals surface area contributed by atoms with Gasteiger partial charge in [-0.2, -0.15) is 0 Å². The van der Waals surface area contributed by atoms with E-state index in [1.807, 2.05) is 32.9 Å². The molecule has 0 fully saturated rings. The summed E-state index contributed by atoms with van der Waals surface area (Å²) in [6.45, 7) is 5.61. The minimum absolute atomic E-state index is 0.447. The van der Waals surface area contributed by atoms with Gasteiger partial charge in [0.25, 0.3) is 5.91 Å². The molecule has 4 heteroatoms. The van der Waals surface area contributed by atoms with Crippen molar-refractivity contribution in [2.45, 2.75) is 20.8 Å². The number of nitrogens with two attached hydrogens (primary N) is 1. The van der Waals surface area contributed by atoms with Crippen molar-refractivity contribution in [1.29, 1.82) is 0 Å². The molecule has 15 heavy (non-hydrogen) atoms. The third kappa shape index (κ3) is 2.56. The number of carbonyl (C=O) groups is 2. The zero-order valence-electron chi connectivity index (χ0n) is 9.05. The Labute approximate surface area is 88.5 Å². The minimum atomic E-state index is -0.834. The summed E-state index contributed by atoms with van der Waals surface area (Å²) in [5.74, 6) is -0.447. The first-order valence-corrected chi connectivity index (χ1v) is 4.60. The number of imide groups is 1. The molecule has 0 saturated heterocycles. The lowest BCUT2D eigenvalue weighted by molar-refractivity contribution is 0.0965. The highest BCUT2D eigenvalue weighted by Crippen LogP contribution is 2.15. The minimum Gasteiger partial charge on any atom is -0.351 e. The maximum Gasteiger partial charge on any atom is 0.319 e. The average molecular weight is 206 g/mol. The van der Waals surface area contributed by atoms with Crippen LogP contribution in [-0.4, -0.2) is 11.9 Å². The number of carbonyl (C=O) groups excluding carboxylic acids is 2. The van der Waals surface area contributed by atoms with E-state index in [9.17, 15) is 9.59 Å². The van der Waals surface area contributed by atoms with Gasteiger partial charge in [0.1, 0.15) is 0 Å². The molecule has 0 heterocycles. The molecule has 1 aromatic carbocycles. The van der Waals surface area contributed by atoms with Gasteiger partial charge in [0.2, 0.25) is 0 Å². The van der Waals surface area contributed by atoms with Crippen LogP contribution >= 0.6 is 0 Å². The predicted molar refractivity (Wildman–Crippen MR) is 57.7 cm³/mol. The quantitative estimate of drug-likeness (QED) is 0.729. The fraction of sp³-hybridized carbons (Fsp3) is 0.273. The molecule has 0 bridgehead atoms. The highest BCUT2D eigenvalue weighted by molar-refractivity contribution is 6.05. The Morgan fingerprint density at radius 1 is 1.13 bits per heavy atom. The van der Waals surface area contributed by atoms with Crippen LogP contribution in [0.4, 0.5) is 4.79 Å². The van der Waals surface area contributed by atoms with Crippen LogP contribution in [-0.2, 0) is 0 Å². The van der Waals surface area contributed by atoms with Crippen LogP contribution in [0.5, 0.6) is 0 Å². The Kier molecular flexibility index (Phi) is 3.09. The van der Waals surface area contributed by atoms with Gasteiger partial charge in [-0.05, 0) is 31.9 Å². The number of nitrogens with one attached hydrogen (secondary N) is 1. The van der Waals surface area contributed by atoms with Gasteiger partial charge in [0.15, 0.2) is 0 Å². The standard InChI is InChI=1S/C11H14N2O2/c1-6-4-7(2)9(8(3)5-6)10(14)13-11(12)15/h4-5H,1-3H3,(H3,12,13,14,15). The van der Waals surface area contributed by atoms with Crippen LogP contribution in [0.1, 0.15) is 27.0 Å². The van der Waals surface area contributed by atoms with Gasteiger partial charge >= 0.3 is 6.03 Å². The maximum absolute atomic E-state index is 11.6. The van der Waals surface area contributed by atoms with E-state index in [0.29, 0.717) is 5.56 Å². The van der Waals surface area contributed by atoms with Gasteiger partial charge < -0.3 is 5.73 Å². The molecule has 0 aliphatic rings. The second-order valence-electron chi connectivity index (χ2n) is 3.59. The fourth-order valence-corrected chi connectivity index (χ4v) is 1.71. The maximum atomic E-state index is 11.6. The summed E-state index contributed by atoms with van der Waals surface area (Å²) in [6, 6.07) is 2.95. The molecule has 1 rings (SSSR count). The van der Waals surface area contributed by atoms with Crippen molar-refractivity contribution in [1.82, 2.24) is 5.32 Å². The highest BCUT2D eigenvalue weighted by Gasteiger charge is 2.13. The van der Waals surface area contributed by atoms with Crippen LogP contribution in [0.15, 0.2) is 12.1 Å². The molecule has 0 atom stereocenters. The van der Waals surface area contributed by atoms with E-state index in [4.69, 9.17) is 5.73 Å².